The second kappa shape index (κ2) is 6.04. The van der Waals surface area contributed by atoms with Crippen LogP contribution in [0.1, 0.15) is 30.3 Å². The zero-order valence-electron chi connectivity index (χ0n) is 11.0. The van der Waals surface area contributed by atoms with Gasteiger partial charge >= 0.3 is 0 Å². The van der Waals surface area contributed by atoms with Crippen molar-refractivity contribution in [1.29, 1.82) is 0 Å². The number of oxime groups is 1. The number of hydrogen-bond donors (Lipinski definition) is 2. The van der Waals surface area contributed by atoms with Gasteiger partial charge in [0.1, 0.15) is 5.82 Å². The van der Waals surface area contributed by atoms with E-state index in [4.69, 9.17) is 10.9 Å². The molecule has 1 heterocycles. The molecule has 0 radical (unpaired) electrons. The Bertz CT molecular complexity index is 574. The molecule has 2 rings (SSSR count). The number of imidazole rings is 1. The number of aromatic nitrogens is 2. The van der Waals surface area contributed by atoms with Crippen LogP contribution in [0.3, 0.4) is 0 Å². The van der Waals surface area contributed by atoms with Gasteiger partial charge in [0.2, 0.25) is 0 Å². The van der Waals surface area contributed by atoms with Crippen molar-refractivity contribution in [2.45, 2.75) is 26.3 Å². The SMILES string of the molecule is CCCc1nccn1Cc1ccccc1C(N)=NO. The molecule has 1 aromatic carbocycles. The Morgan fingerprint density at radius 2 is 2.21 bits per heavy atom. The van der Waals surface area contributed by atoms with Crippen LogP contribution >= 0.6 is 0 Å². The fourth-order valence-electron chi connectivity index (χ4n) is 2.08. The molecule has 5 nitrogen and oxygen atoms in total. The summed E-state index contributed by atoms with van der Waals surface area (Å²) in [6, 6.07) is 7.64. The van der Waals surface area contributed by atoms with Crippen molar-refractivity contribution >= 4 is 5.84 Å². The van der Waals surface area contributed by atoms with Gasteiger partial charge in [-0.2, -0.15) is 0 Å². The van der Waals surface area contributed by atoms with Gasteiger partial charge in [-0.3, -0.25) is 0 Å². The van der Waals surface area contributed by atoms with Crippen LogP contribution in [0, 0.1) is 0 Å². The Balaban J connectivity index is 2.30. The first kappa shape index (κ1) is 13.1. The number of nitrogens with two attached hydrogens (primary N) is 1. The van der Waals surface area contributed by atoms with Gasteiger partial charge in [0.05, 0.1) is 0 Å². The maximum absolute atomic E-state index is 8.82. The minimum atomic E-state index is 0.132. The van der Waals surface area contributed by atoms with Gasteiger partial charge in [-0.05, 0) is 12.0 Å². The first-order chi connectivity index (χ1) is 9.26. The number of nitrogens with zero attached hydrogens (tertiary/aromatic N) is 3. The predicted octanol–water partition coefficient (Wildman–Crippen LogP) is 1.98. The van der Waals surface area contributed by atoms with E-state index in [1.807, 2.05) is 30.5 Å². The lowest BCUT2D eigenvalue weighted by Crippen LogP contribution is -2.17. The van der Waals surface area contributed by atoms with Crippen molar-refractivity contribution in [3.05, 3.63) is 53.6 Å². The van der Waals surface area contributed by atoms with Gasteiger partial charge in [0, 0.05) is 30.9 Å². The van der Waals surface area contributed by atoms with E-state index in [1.165, 1.54) is 0 Å². The molecule has 0 amide bonds. The van der Waals surface area contributed by atoms with Crippen LogP contribution in [-0.4, -0.2) is 20.6 Å². The second-order valence-electron chi connectivity index (χ2n) is 4.36. The quantitative estimate of drug-likeness (QED) is 0.372. The van der Waals surface area contributed by atoms with Gasteiger partial charge in [-0.15, -0.1) is 0 Å². The van der Waals surface area contributed by atoms with Crippen LogP contribution in [0.4, 0.5) is 0 Å². The molecule has 1 aromatic heterocycles. The number of hydrogen-bond acceptors (Lipinski definition) is 3. The van der Waals surface area contributed by atoms with E-state index in [9.17, 15) is 0 Å². The van der Waals surface area contributed by atoms with E-state index in [-0.39, 0.29) is 5.84 Å². The Labute approximate surface area is 112 Å². The van der Waals surface area contributed by atoms with Crippen molar-refractivity contribution in [2.24, 2.45) is 10.9 Å². The molecular weight excluding hydrogens is 240 g/mol. The summed E-state index contributed by atoms with van der Waals surface area (Å²) < 4.78 is 2.09. The fourth-order valence-corrected chi connectivity index (χ4v) is 2.08. The van der Waals surface area contributed by atoms with E-state index in [2.05, 4.69) is 21.6 Å². The van der Waals surface area contributed by atoms with Gasteiger partial charge in [0.15, 0.2) is 5.84 Å². The van der Waals surface area contributed by atoms with E-state index >= 15 is 0 Å². The molecule has 0 aliphatic carbocycles. The van der Waals surface area contributed by atoms with E-state index in [1.54, 1.807) is 6.20 Å². The Hall–Kier alpha value is -2.30. The van der Waals surface area contributed by atoms with Crippen LogP contribution in [0.25, 0.3) is 0 Å². The van der Waals surface area contributed by atoms with Gasteiger partial charge < -0.3 is 15.5 Å². The molecule has 0 saturated heterocycles. The summed E-state index contributed by atoms with van der Waals surface area (Å²) in [6.07, 6.45) is 5.75. The molecule has 100 valence electrons. The Morgan fingerprint density at radius 3 is 2.95 bits per heavy atom. The number of rotatable bonds is 5. The Kier molecular flexibility index (Phi) is 4.18. The first-order valence-corrected chi connectivity index (χ1v) is 6.32. The highest BCUT2D eigenvalue weighted by molar-refractivity contribution is 5.98. The van der Waals surface area contributed by atoms with Crippen LogP contribution in [0.15, 0.2) is 41.8 Å². The maximum atomic E-state index is 8.82. The van der Waals surface area contributed by atoms with Gasteiger partial charge in [-0.1, -0.05) is 36.3 Å². The lowest BCUT2D eigenvalue weighted by Gasteiger charge is -2.11. The van der Waals surface area contributed by atoms with Crippen molar-refractivity contribution < 1.29 is 5.21 Å². The van der Waals surface area contributed by atoms with Crippen LogP contribution in [0.5, 0.6) is 0 Å². The minimum absolute atomic E-state index is 0.132. The molecule has 3 N–H and O–H groups in total. The zero-order chi connectivity index (χ0) is 13.7. The van der Waals surface area contributed by atoms with Gasteiger partial charge in [-0.25, -0.2) is 4.98 Å². The highest BCUT2D eigenvalue weighted by atomic mass is 16.4. The zero-order valence-corrected chi connectivity index (χ0v) is 11.0. The molecule has 5 heteroatoms. The second-order valence-corrected chi connectivity index (χ2v) is 4.36. The largest absolute Gasteiger partial charge is 0.409 e. The normalized spacial score (nSPS) is 11.7. The highest BCUT2D eigenvalue weighted by Crippen LogP contribution is 2.12. The third-order valence-corrected chi connectivity index (χ3v) is 3.02. The van der Waals surface area contributed by atoms with Crippen LogP contribution in [-0.2, 0) is 13.0 Å². The molecule has 0 bridgehead atoms. The molecular formula is C14H18N4O. The molecule has 0 atom stereocenters. The van der Waals surface area contributed by atoms with Crippen molar-refractivity contribution in [3.63, 3.8) is 0 Å². The summed E-state index contributed by atoms with van der Waals surface area (Å²) in [5.74, 6) is 1.18. The third kappa shape index (κ3) is 2.93. The van der Waals surface area contributed by atoms with E-state index in [0.29, 0.717) is 6.54 Å². The maximum Gasteiger partial charge on any atom is 0.170 e. The summed E-state index contributed by atoms with van der Waals surface area (Å²) in [5, 5.41) is 11.9. The fraction of sp³-hybridized carbons (Fsp3) is 0.286. The van der Waals surface area contributed by atoms with Crippen LogP contribution in [0.2, 0.25) is 0 Å². The minimum Gasteiger partial charge on any atom is -0.409 e. The van der Waals surface area contributed by atoms with E-state index < -0.39 is 0 Å². The summed E-state index contributed by atoms with van der Waals surface area (Å²) >= 11 is 0. The summed E-state index contributed by atoms with van der Waals surface area (Å²) in [7, 11) is 0. The molecule has 2 aromatic rings. The number of benzene rings is 1. The highest BCUT2D eigenvalue weighted by Gasteiger charge is 2.08. The summed E-state index contributed by atoms with van der Waals surface area (Å²) in [6.45, 7) is 2.80. The molecule has 0 unspecified atom stereocenters. The summed E-state index contributed by atoms with van der Waals surface area (Å²) in [5.41, 5.74) is 7.45. The summed E-state index contributed by atoms with van der Waals surface area (Å²) in [4.78, 5) is 4.35. The molecule has 0 aliphatic heterocycles. The predicted molar refractivity (Wildman–Crippen MR) is 74.3 cm³/mol. The average molecular weight is 258 g/mol. The third-order valence-electron chi connectivity index (χ3n) is 3.02. The number of amidine groups is 1. The lowest BCUT2D eigenvalue weighted by molar-refractivity contribution is 0.318. The lowest BCUT2D eigenvalue weighted by atomic mass is 10.1. The topological polar surface area (TPSA) is 76.4 Å². The van der Waals surface area contributed by atoms with E-state index in [0.717, 1.165) is 29.8 Å². The van der Waals surface area contributed by atoms with Crippen molar-refractivity contribution in [1.82, 2.24) is 9.55 Å². The first-order valence-electron chi connectivity index (χ1n) is 6.32. The molecule has 0 fully saturated rings. The average Bonchev–Trinajstić information content (AvgIpc) is 2.86. The van der Waals surface area contributed by atoms with Gasteiger partial charge in [0.25, 0.3) is 0 Å². The number of aryl methyl sites for hydroxylation is 1. The van der Waals surface area contributed by atoms with Crippen LogP contribution < -0.4 is 5.73 Å². The standard InChI is InChI=1S/C14H18N4O/c1-2-5-13-16-8-9-18(13)10-11-6-3-4-7-12(11)14(15)17-19/h3-4,6-9,19H,2,5,10H2,1H3,(H2,15,17). The molecule has 0 spiro atoms. The van der Waals surface area contributed by atoms with Crippen molar-refractivity contribution in [2.75, 3.05) is 0 Å². The smallest absolute Gasteiger partial charge is 0.170 e. The monoisotopic (exact) mass is 258 g/mol. The Morgan fingerprint density at radius 1 is 1.42 bits per heavy atom. The molecule has 0 aliphatic rings. The van der Waals surface area contributed by atoms with Crippen molar-refractivity contribution in [3.8, 4) is 0 Å². The molecule has 0 saturated carbocycles. The molecule has 19 heavy (non-hydrogen) atoms.